The highest BCUT2D eigenvalue weighted by molar-refractivity contribution is 5.92. The number of nitrogens with one attached hydrogen (secondary N) is 5. The monoisotopic (exact) mass is 678 g/mol. The number of nitrogens with two attached hydrogens (primary N) is 1. The van der Waals surface area contributed by atoms with Crippen LogP contribution in [0.5, 0.6) is 0 Å². The molecule has 0 radical (unpaired) electrons. The third-order valence-corrected chi connectivity index (χ3v) is 8.20. The van der Waals surface area contributed by atoms with Gasteiger partial charge < -0.3 is 41.6 Å². The molecule has 2 aromatic rings. The fourth-order valence-electron chi connectivity index (χ4n) is 5.55. The van der Waals surface area contributed by atoms with Crippen LogP contribution in [-0.2, 0) is 28.7 Å². The molecular weight excluding hydrogens is 632 g/mol. The SMILES string of the molecule is CCOC(=O)/C=C/[C@H](CC(=O)O)NC(=O)C(NC(=O)[C@H](CCCNC(=N)N)NC(=O)OCC1c2ccccc2-c2ccccc21)C(C)CC. The predicted molar refractivity (Wildman–Crippen MR) is 182 cm³/mol. The Morgan fingerprint density at radius 3 is 2.14 bits per heavy atom. The van der Waals surface area contributed by atoms with E-state index in [9.17, 15) is 29.1 Å². The van der Waals surface area contributed by atoms with Crippen molar-refractivity contribution in [1.82, 2.24) is 21.3 Å². The van der Waals surface area contributed by atoms with Gasteiger partial charge >= 0.3 is 18.0 Å². The Labute approximate surface area is 285 Å². The van der Waals surface area contributed by atoms with Crippen molar-refractivity contribution in [1.29, 1.82) is 5.41 Å². The fourth-order valence-corrected chi connectivity index (χ4v) is 5.55. The van der Waals surface area contributed by atoms with Gasteiger partial charge in [-0.05, 0) is 47.9 Å². The Morgan fingerprint density at radius 2 is 1.57 bits per heavy atom. The predicted octanol–water partition coefficient (Wildman–Crippen LogP) is 2.77. The third kappa shape index (κ3) is 11.4. The molecule has 0 saturated heterocycles. The van der Waals surface area contributed by atoms with Crippen molar-refractivity contribution in [2.24, 2.45) is 11.7 Å². The van der Waals surface area contributed by atoms with Crippen LogP contribution < -0.4 is 27.0 Å². The Hall–Kier alpha value is -5.40. The zero-order chi connectivity index (χ0) is 35.9. The van der Waals surface area contributed by atoms with Crippen molar-refractivity contribution in [3.63, 3.8) is 0 Å². The van der Waals surface area contributed by atoms with E-state index in [0.717, 1.165) is 28.3 Å². The van der Waals surface area contributed by atoms with Crippen molar-refractivity contribution in [2.75, 3.05) is 19.8 Å². The molecule has 0 aliphatic heterocycles. The van der Waals surface area contributed by atoms with Gasteiger partial charge in [-0.25, -0.2) is 9.59 Å². The lowest BCUT2D eigenvalue weighted by Crippen LogP contribution is -2.57. The molecule has 4 atom stereocenters. The largest absolute Gasteiger partial charge is 0.481 e. The number of hydrogen-bond acceptors (Lipinski definition) is 8. The van der Waals surface area contributed by atoms with E-state index < -0.39 is 60.3 Å². The Kier molecular flexibility index (Phi) is 14.6. The second kappa shape index (κ2) is 18.8. The van der Waals surface area contributed by atoms with Gasteiger partial charge in [0.15, 0.2) is 5.96 Å². The molecule has 8 N–H and O–H groups in total. The maximum absolute atomic E-state index is 13.7. The van der Waals surface area contributed by atoms with E-state index in [1.54, 1.807) is 13.8 Å². The van der Waals surface area contributed by atoms with E-state index in [1.165, 1.54) is 6.08 Å². The number of esters is 1. The van der Waals surface area contributed by atoms with Gasteiger partial charge in [-0.3, -0.25) is 19.8 Å². The molecule has 0 fully saturated rings. The van der Waals surface area contributed by atoms with Gasteiger partial charge in [-0.15, -0.1) is 0 Å². The van der Waals surface area contributed by atoms with Crippen molar-refractivity contribution < 1.29 is 38.6 Å². The molecule has 0 aromatic heterocycles. The Morgan fingerprint density at radius 1 is 0.939 bits per heavy atom. The third-order valence-electron chi connectivity index (χ3n) is 8.20. The van der Waals surface area contributed by atoms with Crippen LogP contribution >= 0.6 is 0 Å². The molecule has 0 heterocycles. The molecule has 3 rings (SSSR count). The maximum Gasteiger partial charge on any atom is 0.407 e. The highest BCUT2D eigenvalue weighted by Gasteiger charge is 2.32. The number of rotatable bonds is 18. The molecule has 264 valence electrons. The van der Waals surface area contributed by atoms with Gasteiger partial charge in [0.05, 0.1) is 19.1 Å². The summed E-state index contributed by atoms with van der Waals surface area (Å²) in [5.74, 6) is -4.06. The van der Waals surface area contributed by atoms with E-state index in [-0.39, 0.29) is 38.1 Å². The van der Waals surface area contributed by atoms with Gasteiger partial charge in [0.2, 0.25) is 11.8 Å². The number of alkyl carbamates (subject to hydrolysis) is 1. The molecule has 0 spiro atoms. The van der Waals surface area contributed by atoms with Gasteiger partial charge in [0, 0.05) is 18.5 Å². The van der Waals surface area contributed by atoms with Crippen LogP contribution in [0.25, 0.3) is 11.1 Å². The molecule has 49 heavy (non-hydrogen) atoms. The number of carboxylic acid groups (broad SMARTS) is 1. The van der Waals surface area contributed by atoms with Gasteiger partial charge in [-0.2, -0.15) is 0 Å². The Bertz CT molecular complexity index is 1480. The summed E-state index contributed by atoms with van der Waals surface area (Å²) < 4.78 is 10.5. The fraction of sp³-hybridized carbons (Fsp3) is 0.429. The average Bonchev–Trinajstić information content (AvgIpc) is 3.39. The lowest BCUT2D eigenvalue weighted by atomic mass is 9.97. The molecule has 2 aromatic carbocycles. The number of aliphatic carboxylic acids is 1. The minimum absolute atomic E-state index is 0.0300. The number of carbonyl (C=O) groups excluding carboxylic acids is 4. The van der Waals surface area contributed by atoms with Crippen molar-refractivity contribution in [3.05, 3.63) is 71.8 Å². The first kappa shape index (κ1) is 38.1. The smallest absolute Gasteiger partial charge is 0.407 e. The Balaban J connectivity index is 1.73. The van der Waals surface area contributed by atoms with E-state index in [4.69, 9.17) is 20.6 Å². The number of carboxylic acids is 1. The van der Waals surface area contributed by atoms with Crippen LogP contribution in [0, 0.1) is 11.3 Å². The van der Waals surface area contributed by atoms with Crippen LogP contribution in [0.1, 0.15) is 63.5 Å². The molecule has 0 bridgehead atoms. The topological polar surface area (TPSA) is 222 Å². The molecule has 1 aliphatic rings. The molecule has 14 nitrogen and oxygen atoms in total. The highest BCUT2D eigenvalue weighted by atomic mass is 16.5. The molecule has 0 saturated carbocycles. The quantitative estimate of drug-likeness (QED) is 0.0402. The molecular formula is C35H46N6O8. The van der Waals surface area contributed by atoms with E-state index in [1.807, 2.05) is 55.5 Å². The normalized spacial score (nSPS) is 14.3. The van der Waals surface area contributed by atoms with Crippen molar-refractivity contribution in [2.45, 2.75) is 70.5 Å². The van der Waals surface area contributed by atoms with Crippen LogP contribution in [0.4, 0.5) is 4.79 Å². The number of hydrogen-bond donors (Lipinski definition) is 7. The lowest BCUT2D eigenvalue weighted by Gasteiger charge is -2.28. The highest BCUT2D eigenvalue weighted by Crippen LogP contribution is 2.44. The van der Waals surface area contributed by atoms with Crippen molar-refractivity contribution >= 4 is 35.8 Å². The zero-order valence-corrected chi connectivity index (χ0v) is 28.0. The standard InChI is InChI=1S/C35H46N6O8/c1-4-21(3)31(33(46)39-22(19-29(42)43)16-17-30(44)48-5-2)41-32(45)28(15-10-18-38-34(36)37)40-35(47)49-20-27-25-13-8-6-11-23(25)24-12-7-9-14-26(24)27/h6-9,11-14,16-17,21-22,27-28,31H,4-5,10,15,18-20H2,1-3H3,(H,39,46)(H,40,47)(H,41,45)(H,42,43)(H4,36,37,38)/b17-16+/t21?,22-,28+,31?/m1/s1. The summed E-state index contributed by atoms with van der Waals surface area (Å²) in [4.78, 5) is 63.5. The van der Waals surface area contributed by atoms with Crippen LogP contribution in [0.15, 0.2) is 60.7 Å². The second-order valence-electron chi connectivity index (χ2n) is 11.7. The molecule has 14 heteroatoms. The van der Waals surface area contributed by atoms with Gasteiger partial charge in [-0.1, -0.05) is 74.9 Å². The minimum atomic E-state index is -1.21. The van der Waals surface area contributed by atoms with E-state index in [0.29, 0.717) is 12.8 Å². The maximum atomic E-state index is 13.7. The number of amides is 3. The van der Waals surface area contributed by atoms with Crippen molar-refractivity contribution in [3.8, 4) is 11.1 Å². The summed E-state index contributed by atoms with van der Waals surface area (Å²) in [5.41, 5.74) is 9.57. The van der Waals surface area contributed by atoms with E-state index in [2.05, 4.69) is 21.3 Å². The van der Waals surface area contributed by atoms with E-state index >= 15 is 0 Å². The summed E-state index contributed by atoms with van der Waals surface area (Å²) in [6, 6.07) is 12.5. The lowest BCUT2D eigenvalue weighted by molar-refractivity contribution is -0.139. The first-order valence-electron chi connectivity index (χ1n) is 16.3. The zero-order valence-electron chi connectivity index (χ0n) is 28.0. The summed E-state index contributed by atoms with van der Waals surface area (Å²) in [6.45, 7) is 5.60. The number of guanidine groups is 1. The molecule has 3 amide bonds. The summed E-state index contributed by atoms with van der Waals surface area (Å²) in [6.07, 6.45) is 1.86. The van der Waals surface area contributed by atoms with Gasteiger partial charge in [0.25, 0.3) is 0 Å². The summed E-state index contributed by atoms with van der Waals surface area (Å²) in [7, 11) is 0. The summed E-state index contributed by atoms with van der Waals surface area (Å²) in [5, 5.41) is 27.3. The number of benzene rings is 2. The minimum Gasteiger partial charge on any atom is -0.481 e. The van der Waals surface area contributed by atoms with Crippen LogP contribution in [0.3, 0.4) is 0 Å². The molecule has 2 unspecified atom stereocenters. The number of fused-ring (bicyclic) bond motifs is 3. The van der Waals surface area contributed by atoms with Crippen LogP contribution in [0.2, 0.25) is 0 Å². The number of ether oxygens (including phenoxy) is 2. The summed E-state index contributed by atoms with van der Waals surface area (Å²) >= 11 is 0. The number of carbonyl (C=O) groups is 5. The molecule has 1 aliphatic carbocycles. The van der Waals surface area contributed by atoms with Gasteiger partial charge in [0.1, 0.15) is 18.7 Å². The average molecular weight is 679 g/mol. The van der Waals surface area contributed by atoms with Crippen LogP contribution in [-0.4, -0.2) is 78.8 Å². The first-order chi connectivity index (χ1) is 23.4. The first-order valence-corrected chi connectivity index (χ1v) is 16.3. The second-order valence-corrected chi connectivity index (χ2v) is 11.7.